The third-order valence-electron chi connectivity index (χ3n) is 8.71. The topological polar surface area (TPSA) is 65.0 Å². The van der Waals surface area contributed by atoms with Gasteiger partial charge < -0.3 is 23.5 Å². The molecule has 0 saturated heterocycles. The molecule has 4 aromatic carbocycles. The Kier molecular flexibility index (Phi) is 9.82. The van der Waals surface area contributed by atoms with E-state index in [0.717, 1.165) is 45.8 Å². The summed E-state index contributed by atoms with van der Waals surface area (Å²) in [6.07, 6.45) is 12.1. The predicted octanol–water partition coefficient (Wildman–Crippen LogP) is 8.74. The smallest absolute Gasteiger partial charge is 0.375 e. The fraction of sp³-hybridized carbons (Fsp3) is 0.163. The van der Waals surface area contributed by atoms with Crippen LogP contribution in [0.4, 0.5) is 5.69 Å². The van der Waals surface area contributed by atoms with Crippen molar-refractivity contribution in [3.8, 4) is 29.6 Å². The van der Waals surface area contributed by atoms with E-state index in [1.807, 2.05) is 97.1 Å². The van der Waals surface area contributed by atoms with Crippen molar-refractivity contribution in [3.05, 3.63) is 148 Å². The van der Waals surface area contributed by atoms with E-state index in [1.165, 1.54) is 11.8 Å². The number of terminal acetylenes is 1. The van der Waals surface area contributed by atoms with Crippen LogP contribution in [0.2, 0.25) is 0 Å². The number of fused-ring (bicyclic) bond motifs is 2. The number of oxazole rings is 1. The SMILES string of the molecule is C#CCSC1=C(/C=C2/Oc3cc(OCc4ccccc4)ccc3N2CCC)C(=O)/C1=C/c1oc2cc(OC)ccc2[n+]1Cc1ccc(C=C)cc1. The van der Waals surface area contributed by atoms with E-state index in [-0.39, 0.29) is 5.78 Å². The van der Waals surface area contributed by atoms with Crippen LogP contribution >= 0.6 is 11.8 Å². The quantitative estimate of drug-likeness (QED) is 0.0695. The zero-order chi connectivity index (χ0) is 35.3. The van der Waals surface area contributed by atoms with Crippen molar-refractivity contribution in [2.75, 3.05) is 24.3 Å². The van der Waals surface area contributed by atoms with Crippen LogP contribution in [0.1, 0.15) is 35.9 Å². The first-order valence-electron chi connectivity index (χ1n) is 16.8. The van der Waals surface area contributed by atoms with E-state index in [4.69, 9.17) is 25.1 Å². The molecular formula is C43H37N2O5S+. The number of aromatic nitrogens is 1. The fourth-order valence-electron chi connectivity index (χ4n) is 6.12. The van der Waals surface area contributed by atoms with Crippen LogP contribution in [0.15, 0.2) is 130 Å². The van der Waals surface area contributed by atoms with Crippen molar-refractivity contribution in [1.82, 2.24) is 0 Å². The number of thioether (sulfide) groups is 1. The number of benzene rings is 4. The number of carbonyl (C=O) groups excluding carboxylic acids is 1. The minimum atomic E-state index is -0.107. The molecule has 7 rings (SSSR count). The molecule has 0 saturated carbocycles. The first-order valence-corrected chi connectivity index (χ1v) is 17.7. The van der Waals surface area contributed by atoms with E-state index in [0.29, 0.717) is 64.7 Å². The van der Waals surface area contributed by atoms with Crippen LogP contribution in [0, 0.1) is 12.3 Å². The van der Waals surface area contributed by atoms with Gasteiger partial charge in [-0.05, 0) is 35.7 Å². The van der Waals surface area contributed by atoms with E-state index in [9.17, 15) is 4.79 Å². The molecule has 0 unspecified atom stereocenters. The number of ether oxygens (including phenoxy) is 3. The van der Waals surface area contributed by atoms with E-state index in [1.54, 1.807) is 7.11 Å². The van der Waals surface area contributed by atoms with Gasteiger partial charge >= 0.3 is 5.89 Å². The molecule has 0 atom stereocenters. The minimum Gasteiger partial charge on any atom is -0.497 e. The molecule has 0 spiro atoms. The fourth-order valence-corrected chi connectivity index (χ4v) is 6.96. The minimum absolute atomic E-state index is 0.107. The van der Waals surface area contributed by atoms with Gasteiger partial charge in [-0.15, -0.1) is 18.2 Å². The third-order valence-corrected chi connectivity index (χ3v) is 9.75. The Morgan fingerprint density at radius 3 is 2.53 bits per heavy atom. The number of methoxy groups -OCH3 is 1. The Bertz CT molecular complexity index is 2260. The summed E-state index contributed by atoms with van der Waals surface area (Å²) in [6.45, 7) is 7.68. The molecule has 1 aromatic heterocycles. The summed E-state index contributed by atoms with van der Waals surface area (Å²) >= 11 is 1.45. The number of carbonyl (C=O) groups is 1. The molecule has 1 aliphatic heterocycles. The Balaban J connectivity index is 1.23. The molecule has 0 amide bonds. The number of Topliss-reactive ketones (excluding diaryl/α,β-unsaturated/α-hetero) is 1. The molecule has 0 radical (unpaired) electrons. The molecule has 254 valence electrons. The van der Waals surface area contributed by atoms with Crippen LogP contribution in [-0.4, -0.2) is 25.2 Å². The van der Waals surface area contributed by atoms with Crippen LogP contribution in [-0.2, 0) is 17.9 Å². The Labute approximate surface area is 302 Å². The summed E-state index contributed by atoms with van der Waals surface area (Å²) in [4.78, 5) is 16.9. The largest absolute Gasteiger partial charge is 0.497 e. The maximum atomic E-state index is 14.0. The van der Waals surface area contributed by atoms with Gasteiger partial charge in [0.25, 0.3) is 5.52 Å². The van der Waals surface area contributed by atoms with Crippen LogP contribution in [0.3, 0.4) is 0 Å². The number of hydrogen-bond donors (Lipinski definition) is 0. The number of rotatable bonds is 13. The molecule has 0 bridgehead atoms. The normalized spacial score (nSPS) is 15.2. The summed E-state index contributed by atoms with van der Waals surface area (Å²) in [5.74, 6) is 6.20. The number of anilines is 1. The highest BCUT2D eigenvalue weighted by molar-refractivity contribution is 8.03. The molecule has 8 heteroatoms. The molecule has 7 nitrogen and oxygen atoms in total. The maximum Gasteiger partial charge on any atom is 0.375 e. The summed E-state index contributed by atoms with van der Waals surface area (Å²) in [6, 6.07) is 29.8. The van der Waals surface area contributed by atoms with E-state index >= 15 is 0 Å². The second-order valence-electron chi connectivity index (χ2n) is 12.1. The van der Waals surface area contributed by atoms with Crippen molar-refractivity contribution < 1.29 is 28.0 Å². The van der Waals surface area contributed by atoms with Gasteiger partial charge in [0.2, 0.25) is 11.5 Å². The third kappa shape index (κ3) is 6.94. The van der Waals surface area contributed by atoms with Gasteiger partial charge in [0.15, 0.2) is 18.1 Å². The Morgan fingerprint density at radius 2 is 1.78 bits per heavy atom. The van der Waals surface area contributed by atoms with Gasteiger partial charge in [-0.3, -0.25) is 4.79 Å². The lowest BCUT2D eigenvalue weighted by molar-refractivity contribution is -0.669. The molecule has 2 heterocycles. The van der Waals surface area contributed by atoms with E-state index < -0.39 is 0 Å². The lowest BCUT2D eigenvalue weighted by Gasteiger charge is -2.24. The van der Waals surface area contributed by atoms with Gasteiger partial charge in [-0.1, -0.05) is 80.1 Å². The Morgan fingerprint density at radius 1 is 0.980 bits per heavy atom. The zero-order valence-corrected chi connectivity index (χ0v) is 29.4. The highest BCUT2D eigenvalue weighted by Crippen LogP contribution is 2.45. The van der Waals surface area contributed by atoms with Gasteiger partial charge in [-0.25, -0.2) is 0 Å². The lowest BCUT2D eigenvalue weighted by atomic mass is 9.89. The molecule has 0 fully saturated rings. The summed E-state index contributed by atoms with van der Waals surface area (Å²) in [5.41, 5.74) is 6.75. The summed E-state index contributed by atoms with van der Waals surface area (Å²) < 4.78 is 26.4. The number of hydrogen-bond acceptors (Lipinski definition) is 7. The number of nitrogens with zero attached hydrogens (tertiary/aromatic N) is 2. The second kappa shape index (κ2) is 14.9. The van der Waals surface area contributed by atoms with Crippen molar-refractivity contribution in [1.29, 1.82) is 0 Å². The number of allylic oxidation sites excluding steroid dienone is 3. The standard InChI is InChI=1S/C43H37N2O5S/c1-5-21-44-36-20-18-33(48-28-31-11-9-8-10-12-31)24-39(36)49-40(44)25-34-42(46)35(43(34)51-22-6-2)26-41-45(27-30-15-13-29(7-3)14-16-30)37-19-17-32(47-4)23-38(37)50-41/h2,7-20,23-26H,3,5,21-22,27-28H2,1,4H3/q+1. The lowest BCUT2D eigenvalue weighted by Crippen LogP contribution is -2.36. The highest BCUT2D eigenvalue weighted by Gasteiger charge is 2.37. The van der Waals surface area contributed by atoms with Crippen LogP contribution in [0.25, 0.3) is 23.3 Å². The first-order chi connectivity index (χ1) is 25.0. The van der Waals surface area contributed by atoms with Crippen molar-refractivity contribution >= 4 is 46.5 Å². The van der Waals surface area contributed by atoms with Crippen LogP contribution < -0.4 is 23.7 Å². The van der Waals surface area contributed by atoms with Gasteiger partial charge in [0.05, 0.1) is 24.6 Å². The first kappa shape index (κ1) is 33.6. The van der Waals surface area contributed by atoms with Crippen molar-refractivity contribution in [2.45, 2.75) is 26.5 Å². The summed E-state index contributed by atoms with van der Waals surface area (Å²) in [7, 11) is 1.62. The van der Waals surface area contributed by atoms with Crippen molar-refractivity contribution in [3.63, 3.8) is 0 Å². The zero-order valence-electron chi connectivity index (χ0n) is 28.6. The average molecular weight is 694 g/mol. The highest BCUT2D eigenvalue weighted by atomic mass is 32.2. The van der Waals surface area contributed by atoms with Gasteiger partial charge in [0.1, 0.15) is 18.1 Å². The molecule has 2 aliphatic rings. The van der Waals surface area contributed by atoms with Crippen LogP contribution in [0.5, 0.6) is 17.2 Å². The average Bonchev–Trinajstić information content (AvgIpc) is 3.69. The predicted molar refractivity (Wildman–Crippen MR) is 203 cm³/mol. The van der Waals surface area contributed by atoms with Crippen molar-refractivity contribution in [2.24, 2.45) is 0 Å². The Hall–Kier alpha value is -5.91. The van der Waals surface area contributed by atoms with Gasteiger partial charge in [0, 0.05) is 52.4 Å². The second-order valence-corrected chi connectivity index (χ2v) is 13.1. The molecule has 51 heavy (non-hydrogen) atoms. The monoisotopic (exact) mass is 693 g/mol. The maximum absolute atomic E-state index is 14.0. The molecule has 5 aromatic rings. The number of ketones is 1. The molecule has 1 aliphatic carbocycles. The molecule has 0 N–H and O–H groups in total. The van der Waals surface area contributed by atoms with Gasteiger partial charge in [-0.2, -0.15) is 4.57 Å². The molecular weight excluding hydrogens is 657 g/mol. The van der Waals surface area contributed by atoms with E-state index in [2.05, 4.69) is 41.0 Å². The summed E-state index contributed by atoms with van der Waals surface area (Å²) in [5, 5.41) is 0.